The number of ether oxygens (including phenoxy) is 2. The summed E-state index contributed by atoms with van der Waals surface area (Å²) in [7, 11) is 1.60. The molecule has 180 valence electrons. The number of esters is 1. The van der Waals surface area contributed by atoms with Gasteiger partial charge in [-0.2, -0.15) is 0 Å². The first-order valence-corrected chi connectivity index (χ1v) is 11.5. The highest BCUT2D eigenvalue weighted by molar-refractivity contribution is 6.14. The van der Waals surface area contributed by atoms with E-state index in [1.165, 1.54) is 4.90 Å². The standard InChI is InChI=1S/C28H28N2O5/c1-4-35-26(32)20-9-7-10-22(16-20)30-25(31)24-11-6-5-8-21(24)17-28(30,2)27(33)29-18-19-12-14-23(34-3)15-13-19/h5-16H,4,17-18H2,1-3H3,(H,29,33). The molecule has 0 aromatic heterocycles. The van der Waals surface area contributed by atoms with Gasteiger partial charge in [-0.3, -0.25) is 14.5 Å². The van der Waals surface area contributed by atoms with Gasteiger partial charge in [0.15, 0.2) is 0 Å². The molecule has 3 aromatic carbocycles. The first-order valence-electron chi connectivity index (χ1n) is 11.5. The molecule has 35 heavy (non-hydrogen) atoms. The van der Waals surface area contributed by atoms with E-state index in [1.807, 2.05) is 36.4 Å². The van der Waals surface area contributed by atoms with Gasteiger partial charge >= 0.3 is 5.97 Å². The summed E-state index contributed by atoms with van der Waals surface area (Å²) in [5, 5.41) is 2.99. The van der Waals surface area contributed by atoms with Crippen LogP contribution < -0.4 is 15.0 Å². The van der Waals surface area contributed by atoms with Gasteiger partial charge in [0, 0.05) is 24.2 Å². The highest BCUT2D eigenvalue weighted by atomic mass is 16.5. The third-order valence-electron chi connectivity index (χ3n) is 6.20. The first kappa shape index (κ1) is 24.0. The van der Waals surface area contributed by atoms with Crippen LogP contribution in [0.1, 0.15) is 45.7 Å². The highest BCUT2D eigenvalue weighted by Crippen LogP contribution is 2.36. The average Bonchev–Trinajstić information content (AvgIpc) is 2.88. The monoisotopic (exact) mass is 472 g/mol. The molecule has 0 radical (unpaired) electrons. The quantitative estimate of drug-likeness (QED) is 0.522. The van der Waals surface area contributed by atoms with Gasteiger partial charge < -0.3 is 14.8 Å². The second-order valence-corrected chi connectivity index (χ2v) is 8.55. The molecule has 2 amide bonds. The number of carbonyl (C=O) groups excluding carboxylic acids is 3. The fourth-order valence-electron chi connectivity index (χ4n) is 4.36. The number of hydrogen-bond donors (Lipinski definition) is 1. The zero-order valence-corrected chi connectivity index (χ0v) is 20.0. The predicted octanol–water partition coefficient (Wildman–Crippen LogP) is 4.15. The van der Waals surface area contributed by atoms with Crippen molar-refractivity contribution in [3.63, 3.8) is 0 Å². The number of rotatable bonds is 7. The van der Waals surface area contributed by atoms with Crippen molar-refractivity contribution in [2.45, 2.75) is 32.4 Å². The number of hydrogen-bond acceptors (Lipinski definition) is 5. The second-order valence-electron chi connectivity index (χ2n) is 8.55. The normalized spacial score (nSPS) is 16.9. The lowest BCUT2D eigenvalue weighted by atomic mass is 9.82. The van der Waals surface area contributed by atoms with E-state index >= 15 is 0 Å². The molecular formula is C28H28N2O5. The molecule has 0 bridgehead atoms. The second kappa shape index (κ2) is 10.0. The molecule has 7 nitrogen and oxygen atoms in total. The Morgan fingerprint density at radius 2 is 1.77 bits per heavy atom. The molecule has 0 saturated heterocycles. The number of anilines is 1. The molecule has 0 aliphatic carbocycles. The summed E-state index contributed by atoms with van der Waals surface area (Å²) >= 11 is 0. The van der Waals surface area contributed by atoms with Crippen LogP contribution in [0.15, 0.2) is 72.8 Å². The predicted molar refractivity (Wildman–Crippen MR) is 133 cm³/mol. The molecular weight excluding hydrogens is 444 g/mol. The van der Waals surface area contributed by atoms with Gasteiger partial charge in [0.1, 0.15) is 11.3 Å². The lowest BCUT2D eigenvalue weighted by Gasteiger charge is -2.44. The summed E-state index contributed by atoms with van der Waals surface area (Å²) < 4.78 is 10.3. The van der Waals surface area contributed by atoms with Crippen LogP contribution in [0.4, 0.5) is 5.69 Å². The Morgan fingerprint density at radius 1 is 1.03 bits per heavy atom. The molecule has 1 aliphatic rings. The van der Waals surface area contributed by atoms with E-state index in [-0.39, 0.29) is 18.4 Å². The smallest absolute Gasteiger partial charge is 0.338 e. The maximum atomic E-state index is 13.7. The minimum absolute atomic E-state index is 0.241. The van der Waals surface area contributed by atoms with Crippen molar-refractivity contribution in [3.05, 3.63) is 95.1 Å². The number of fused-ring (bicyclic) bond motifs is 1. The summed E-state index contributed by atoms with van der Waals surface area (Å²) in [5.41, 5.74) is 1.80. The topological polar surface area (TPSA) is 84.9 Å². The Kier molecular flexibility index (Phi) is 6.87. The van der Waals surface area contributed by atoms with Gasteiger partial charge in [-0.1, -0.05) is 36.4 Å². The number of benzene rings is 3. The van der Waals surface area contributed by atoms with Crippen molar-refractivity contribution in [2.75, 3.05) is 18.6 Å². The number of nitrogens with one attached hydrogen (secondary N) is 1. The van der Waals surface area contributed by atoms with Gasteiger partial charge in [-0.05, 0) is 61.4 Å². The SMILES string of the molecule is CCOC(=O)c1cccc(N2C(=O)c3ccccc3CC2(C)C(=O)NCc2ccc(OC)cc2)c1. The average molecular weight is 473 g/mol. The van der Waals surface area contributed by atoms with Gasteiger partial charge in [0.25, 0.3) is 5.91 Å². The molecule has 0 spiro atoms. The minimum Gasteiger partial charge on any atom is -0.497 e. The third-order valence-corrected chi connectivity index (χ3v) is 6.20. The molecule has 7 heteroatoms. The van der Waals surface area contributed by atoms with Crippen LogP contribution in [0.2, 0.25) is 0 Å². The molecule has 1 aliphatic heterocycles. The van der Waals surface area contributed by atoms with Gasteiger partial charge in [-0.15, -0.1) is 0 Å². The lowest BCUT2D eigenvalue weighted by Crippen LogP contribution is -2.63. The van der Waals surface area contributed by atoms with Crippen LogP contribution in [-0.4, -0.2) is 37.0 Å². The van der Waals surface area contributed by atoms with E-state index in [1.54, 1.807) is 57.4 Å². The van der Waals surface area contributed by atoms with Crippen molar-refractivity contribution in [1.82, 2.24) is 5.32 Å². The highest BCUT2D eigenvalue weighted by Gasteiger charge is 2.47. The van der Waals surface area contributed by atoms with Gasteiger partial charge in [0.05, 0.1) is 19.3 Å². The number of nitrogens with zero attached hydrogens (tertiary/aromatic N) is 1. The summed E-state index contributed by atoms with van der Waals surface area (Å²) in [6, 6.07) is 21.3. The Hall–Kier alpha value is -4.13. The molecule has 1 N–H and O–H groups in total. The molecule has 1 unspecified atom stereocenters. The van der Waals surface area contributed by atoms with E-state index in [4.69, 9.17) is 9.47 Å². The molecule has 0 saturated carbocycles. The fraction of sp³-hybridized carbons (Fsp3) is 0.250. The summed E-state index contributed by atoms with van der Waals surface area (Å²) in [6.07, 6.45) is 0.326. The Balaban J connectivity index is 1.69. The molecule has 1 atom stereocenters. The number of methoxy groups -OCH3 is 1. The molecule has 3 aromatic rings. The maximum Gasteiger partial charge on any atom is 0.338 e. The van der Waals surface area contributed by atoms with E-state index in [9.17, 15) is 14.4 Å². The van der Waals surface area contributed by atoms with Crippen LogP contribution in [0.5, 0.6) is 5.75 Å². The summed E-state index contributed by atoms with van der Waals surface area (Å²) in [5.74, 6) is -0.341. The van der Waals surface area contributed by atoms with E-state index < -0.39 is 11.5 Å². The Bertz CT molecular complexity index is 1250. The van der Waals surface area contributed by atoms with E-state index in [2.05, 4.69) is 5.32 Å². The van der Waals surface area contributed by atoms with Crippen LogP contribution in [0.3, 0.4) is 0 Å². The van der Waals surface area contributed by atoms with Crippen molar-refractivity contribution in [2.24, 2.45) is 0 Å². The van der Waals surface area contributed by atoms with Crippen molar-refractivity contribution < 1.29 is 23.9 Å². The van der Waals surface area contributed by atoms with E-state index in [0.29, 0.717) is 29.8 Å². The third kappa shape index (κ3) is 4.75. The summed E-state index contributed by atoms with van der Waals surface area (Å²) in [4.78, 5) is 41.2. The Morgan fingerprint density at radius 3 is 2.49 bits per heavy atom. The van der Waals surface area contributed by atoms with Crippen molar-refractivity contribution in [3.8, 4) is 5.75 Å². The van der Waals surface area contributed by atoms with Gasteiger partial charge in [-0.25, -0.2) is 4.79 Å². The van der Waals surface area contributed by atoms with Crippen LogP contribution >= 0.6 is 0 Å². The van der Waals surface area contributed by atoms with Crippen molar-refractivity contribution in [1.29, 1.82) is 0 Å². The van der Waals surface area contributed by atoms with E-state index in [0.717, 1.165) is 16.9 Å². The largest absolute Gasteiger partial charge is 0.497 e. The minimum atomic E-state index is -1.22. The zero-order chi connectivity index (χ0) is 25.0. The first-order chi connectivity index (χ1) is 16.9. The zero-order valence-electron chi connectivity index (χ0n) is 20.0. The lowest BCUT2D eigenvalue weighted by molar-refractivity contribution is -0.126. The number of carbonyl (C=O) groups is 3. The molecule has 0 fully saturated rings. The van der Waals surface area contributed by atoms with Gasteiger partial charge in [0.2, 0.25) is 5.91 Å². The number of amides is 2. The van der Waals surface area contributed by atoms with Crippen LogP contribution in [0.25, 0.3) is 0 Å². The van der Waals surface area contributed by atoms with Crippen molar-refractivity contribution >= 4 is 23.5 Å². The van der Waals surface area contributed by atoms with Crippen LogP contribution in [0, 0.1) is 0 Å². The fourth-order valence-corrected chi connectivity index (χ4v) is 4.36. The molecule has 1 heterocycles. The molecule has 4 rings (SSSR count). The maximum absolute atomic E-state index is 13.7. The summed E-state index contributed by atoms with van der Waals surface area (Å²) in [6.45, 7) is 4.02. The van der Waals surface area contributed by atoms with Crippen LogP contribution in [-0.2, 0) is 22.5 Å². The Labute approximate surface area is 204 Å².